The highest BCUT2D eigenvalue weighted by Crippen LogP contribution is 2.43. The molecule has 0 bridgehead atoms. The summed E-state index contributed by atoms with van der Waals surface area (Å²) in [6.45, 7) is 2.34. The molecule has 2 atom stereocenters. The lowest BCUT2D eigenvalue weighted by Crippen LogP contribution is -2.31. The molecule has 0 amide bonds. The molecule has 2 aromatic carbocycles. The lowest BCUT2D eigenvalue weighted by Gasteiger charge is -2.32. The van der Waals surface area contributed by atoms with Gasteiger partial charge in [-0.15, -0.1) is 0 Å². The molecule has 21 heavy (non-hydrogen) atoms. The van der Waals surface area contributed by atoms with Crippen molar-refractivity contribution in [3.8, 4) is 0 Å². The summed E-state index contributed by atoms with van der Waals surface area (Å²) in [5.41, 5.74) is 2.71. The molecule has 0 aromatic heterocycles. The Morgan fingerprint density at radius 1 is 0.952 bits per heavy atom. The van der Waals surface area contributed by atoms with Crippen LogP contribution in [0.4, 0.5) is 5.69 Å². The zero-order valence-electron chi connectivity index (χ0n) is 12.0. The number of fused-ring (bicyclic) bond motifs is 1. The van der Waals surface area contributed by atoms with E-state index in [0.29, 0.717) is 12.2 Å². The van der Waals surface area contributed by atoms with Gasteiger partial charge in [-0.25, -0.2) is 0 Å². The summed E-state index contributed by atoms with van der Waals surface area (Å²) in [5, 5.41) is 0. The second kappa shape index (κ2) is 5.47. The normalized spacial score (nSPS) is 25.3. The SMILES string of the molecule is Brc1ccccc1C1N(c2ccccc2)CC2CCCN21. The molecule has 2 unspecified atom stereocenters. The summed E-state index contributed by atoms with van der Waals surface area (Å²) in [5.74, 6) is 0. The smallest absolute Gasteiger partial charge is 0.110 e. The van der Waals surface area contributed by atoms with Gasteiger partial charge in [-0.05, 0) is 31.0 Å². The van der Waals surface area contributed by atoms with Gasteiger partial charge in [0, 0.05) is 34.9 Å². The lowest BCUT2D eigenvalue weighted by atomic mass is 10.1. The first-order valence-electron chi connectivity index (χ1n) is 7.66. The van der Waals surface area contributed by atoms with E-state index in [9.17, 15) is 0 Å². The minimum atomic E-state index is 0.357. The van der Waals surface area contributed by atoms with Crippen molar-refractivity contribution in [2.24, 2.45) is 0 Å². The van der Waals surface area contributed by atoms with E-state index in [4.69, 9.17) is 0 Å². The maximum atomic E-state index is 3.75. The van der Waals surface area contributed by atoms with Gasteiger partial charge in [0.1, 0.15) is 6.17 Å². The van der Waals surface area contributed by atoms with Gasteiger partial charge in [-0.1, -0.05) is 52.3 Å². The van der Waals surface area contributed by atoms with E-state index in [1.165, 1.54) is 35.1 Å². The van der Waals surface area contributed by atoms with E-state index in [2.05, 4.69) is 80.3 Å². The quantitative estimate of drug-likeness (QED) is 0.796. The third-order valence-corrected chi connectivity index (χ3v) is 5.43. The topological polar surface area (TPSA) is 6.48 Å². The fraction of sp³-hybridized carbons (Fsp3) is 0.333. The van der Waals surface area contributed by atoms with Crippen molar-refractivity contribution in [1.29, 1.82) is 0 Å². The van der Waals surface area contributed by atoms with Gasteiger partial charge in [0.25, 0.3) is 0 Å². The van der Waals surface area contributed by atoms with Gasteiger partial charge in [-0.3, -0.25) is 4.90 Å². The van der Waals surface area contributed by atoms with Gasteiger partial charge in [0.15, 0.2) is 0 Å². The Morgan fingerprint density at radius 2 is 1.71 bits per heavy atom. The van der Waals surface area contributed by atoms with E-state index in [-0.39, 0.29) is 0 Å². The highest BCUT2D eigenvalue weighted by molar-refractivity contribution is 9.10. The number of halogens is 1. The zero-order chi connectivity index (χ0) is 14.2. The maximum absolute atomic E-state index is 3.75. The molecule has 2 aromatic rings. The fourth-order valence-electron chi connectivity index (χ4n) is 3.78. The largest absolute Gasteiger partial charge is 0.350 e. The molecule has 0 N–H and O–H groups in total. The molecule has 2 heterocycles. The Hall–Kier alpha value is -1.32. The first kappa shape index (κ1) is 13.4. The van der Waals surface area contributed by atoms with Crippen LogP contribution in [0.2, 0.25) is 0 Å². The van der Waals surface area contributed by atoms with E-state index in [0.717, 1.165) is 6.54 Å². The lowest BCUT2D eigenvalue weighted by molar-refractivity contribution is 0.250. The number of para-hydroxylation sites is 1. The molecular weight excluding hydrogens is 324 g/mol. The van der Waals surface area contributed by atoms with Crippen molar-refractivity contribution in [3.63, 3.8) is 0 Å². The molecule has 0 aliphatic carbocycles. The molecule has 0 spiro atoms. The molecule has 2 saturated heterocycles. The molecule has 108 valence electrons. The summed E-state index contributed by atoms with van der Waals surface area (Å²) in [6.07, 6.45) is 3.01. The summed E-state index contributed by atoms with van der Waals surface area (Å²) in [4.78, 5) is 5.23. The van der Waals surface area contributed by atoms with Crippen LogP contribution in [0, 0.1) is 0 Å². The van der Waals surface area contributed by atoms with Gasteiger partial charge < -0.3 is 4.90 Å². The first-order valence-corrected chi connectivity index (χ1v) is 8.46. The van der Waals surface area contributed by atoms with Crippen molar-refractivity contribution in [3.05, 3.63) is 64.6 Å². The highest BCUT2D eigenvalue weighted by atomic mass is 79.9. The van der Waals surface area contributed by atoms with Crippen LogP contribution in [-0.2, 0) is 0 Å². The van der Waals surface area contributed by atoms with Crippen molar-refractivity contribution in [2.75, 3.05) is 18.0 Å². The van der Waals surface area contributed by atoms with Crippen LogP contribution in [0.5, 0.6) is 0 Å². The second-order valence-corrected chi connectivity index (χ2v) is 6.77. The summed E-state index contributed by atoms with van der Waals surface area (Å²) >= 11 is 3.75. The van der Waals surface area contributed by atoms with Crippen LogP contribution < -0.4 is 4.90 Å². The number of nitrogens with zero attached hydrogens (tertiary/aromatic N) is 2. The molecule has 2 nitrogen and oxygen atoms in total. The molecule has 0 saturated carbocycles. The summed E-state index contributed by atoms with van der Waals surface area (Å²) < 4.78 is 1.21. The highest BCUT2D eigenvalue weighted by Gasteiger charge is 2.43. The monoisotopic (exact) mass is 342 g/mol. The predicted molar refractivity (Wildman–Crippen MR) is 90.4 cm³/mol. The van der Waals surface area contributed by atoms with E-state index in [1.54, 1.807) is 0 Å². The number of hydrogen-bond acceptors (Lipinski definition) is 2. The van der Waals surface area contributed by atoms with Crippen molar-refractivity contribution < 1.29 is 0 Å². The Balaban J connectivity index is 1.78. The van der Waals surface area contributed by atoms with Crippen LogP contribution in [0.3, 0.4) is 0 Å². The molecule has 3 heteroatoms. The molecule has 2 aliphatic heterocycles. The van der Waals surface area contributed by atoms with E-state index < -0.39 is 0 Å². The molecule has 2 aliphatic rings. The molecule has 4 rings (SSSR count). The maximum Gasteiger partial charge on any atom is 0.110 e. The standard InChI is InChI=1S/C18H19BrN2/c19-17-11-5-4-10-16(17)18-20-12-6-9-15(20)13-21(18)14-7-2-1-3-8-14/h1-5,7-8,10-11,15,18H,6,9,12-13H2. The van der Waals surface area contributed by atoms with Crippen LogP contribution in [-0.4, -0.2) is 24.0 Å². The number of rotatable bonds is 2. The van der Waals surface area contributed by atoms with Crippen LogP contribution in [0.1, 0.15) is 24.6 Å². The molecular formula is C18H19BrN2. The van der Waals surface area contributed by atoms with Gasteiger partial charge in [0.05, 0.1) is 0 Å². The van der Waals surface area contributed by atoms with Crippen LogP contribution in [0.25, 0.3) is 0 Å². The van der Waals surface area contributed by atoms with Gasteiger partial charge in [0.2, 0.25) is 0 Å². The Kier molecular flexibility index (Phi) is 3.48. The van der Waals surface area contributed by atoms with E-state index >= 15 is 0 Å². The summed E-state index contributed by atoms with van der Waals surface area (Å²) in [6, 6.07) is 20.2. The molecule has 0 radical (unpaired) electrons. The predicted octanol–water partition coefficient (Wildman–Crippen LogP) is 4.43. The van der Waals surface area contributed by atoms with Crippen molar-refractivity contribution >= 4 is 21.6 Å². The summed E-state index contributed by atoms with van der Waals surface area (Å²) in [7, 11) is 0. The van der Waals surface area contributed by atoms with Crippen molar-refractivity contribution in [1.82, 2.24) is 4.90 Å². The third kappa shape index (κ3) is 2.29. The van der Waals surface area contributed by atoms with Crippen LogP contribution >= 0.6 is 15.9 Å². The number of hydrogen-bond donors (Lipinski definition) is 0. The number of anilines is 1. The van der Waals surface area contributed by atoms with Gasteiger partial charge >= 0.3 is 0 Å². The first-order chi connectivity index (χ1) is 10.3. The average molecular weight is 343 g/mol. The van der Waals surface area contributed by atoms with Crippen LogP contribution in [0.15, 0.2) is 59.1 Å². The second-order valence-electron chi connectivity index (χ2n) is 5.92. The molecule has 2 fully saturated rings. The Labute approximate surface area is 134 Å². The zero-order valence-corrected chi connectivity index (χ0v) is 13.5. The van der Waals surface area contributed by atoms with E-state index in [1.807, 2.05) is 0 Å². The Morgan fingerprint density at radius 3 is 2.52 bits per heavy atom. The Bertz CT molecular complexity index is 628. The fourth-order valence-corrected chi connectivity index (χ4v) is 4.27. The average Bonchev–Trinajstić information content (AvgIpc) is 3.10. The minimum absolute atomic E-state index is 0.357. The van der Waals surface area contributed by atoms with Gasteiger partial charge in [-0.2, -0.15) is 0 Å². The van der Waals surface area contributed by atoms with Crippen molar-refractivity contribution in [2.45, 2.75) is 25.0 Å². The third-order valence-electron chi connectivity index (χ3n) is 4.71. The minimum Gasteiger partial charge on any atom is -0.350 e. The number of benzene rings is 2.